The predicted octanol–water partition coefficient (Wildman–Crippen LogP) is 6.02. The van der Waals surface area contributed by atoms with Crippen LogP contribution in [0.3, 0.4) is 0 Å². The van der Waals surface area contributed by atoms with E-state index in [4.69, 9.17) is 0 Å². The predicted molar refractivity (Wildman–Crippen MR) is 99.6 cm³/mol. The minimum atomic E-state index is -0.293. The summed E-state index contributed by atoms with van der Waals surface area (Å²) in [7, 11) is 0. The molecule has 1 fully saturated rings. The number of rotatable bonds is 9. The number of carbonyl (C=O) groups is 2. The van der Waals surface area contributed by atoms with Gasteiger partial charge in [-0.15, -0.1) is 0 Å². The quantitative estimate of drug-likeness (QED) is 0.519. The van der Waals surface area contributed by atoms with Gasteiger partial charge in [0.2, 0.25) is 0 Å². The molecule has 1 saturated carbocycles. The van der Waals surface area contributed by atoms with Crippen molar-refractivity contribution in [2.24, 2.45) is 0 Å². The maximum absolute atomic E-state index is 13.0. The smallest absolute Gasteiger partial charge is 0.162 e. The Kier molecular flexibility index (Phi) is 7.20. The van der Waals surface area contributed by atoms with Crippen LogP contribution in [0.15, 0.2) is 24.3 Å². The standard InChI is InChI=1S/C22H32O2/c1-3-5-10-20(23)18-12-14-19(15-13-18)22(16-8-7-9-17-22)21(24)11-6-4-2/h12-15H,3-11,16-17H2,1-2H3. The van der Waals surface area contributed by atoms with Crippen LogP contribution in [0.1, 0.15) is 100 Å². The normalized spacial score (nSPS) is 16.8. The summed E-state index contributed by atoms with van der Waals surface area (Å²) in [5, 5.41) is 0. The highest BCUT2D eigenvalue weighted by atomic mass is 16.1. The van der Waals surface area contributed by atoms with Gasteiger partial charge in [-0.05, 0) is 31.2 Å². The summed E-state index contributed by atoms with van der Waals surface area (Å²) in [6, 6.07) is 7.98. The molecule has 0 atom stereocenters. The Balaban J connectivity index is 2.20. The molecule has 0 N–H and O–H groups in total. The molecule has 1 aliphatic carbocycles. The van der Waals surface area contributed by atoms with E-state index in [0.29, 0.717) is 18.6 Å². The molecule has 1 aromatic rings. The highest BCUT2D eigenvalue weighted by molar-refractivity contribution is 5.96. The van der Waals surface area contributed by atoms with Crippen molar-refractivity contribution in [3.8, 4) is 0 Å². The molecule has 1 aliphatic rings. The molecule has 132 valence electrons. The first-order chi connectivity index (χ1) is 11.6. The second-order valence-corrected chi connectivity index (χ2v) is 7.27. The van der Waals surface area contributed by atoms with Crippen molar-refractivity contribution in [3.63, 3.8) is 0 Å². The van der Waals surface area contributed by atoms with Gasteiger partial charge in [-0.3, -0.25) is 9.59 Å². The topological polar surface area (TPSA) is 34.1 Å². The van der Waals surface area contributed by atoms with Crippen LogP contribution in [0.2, 0.25) is 0 Å². The van der Waals surface area contributed by atoms with E-state index in [1.165, 1.54) is 6.42 Å². The molecule has 0 aliphatic heterocycles. The molecule has 0 heterocycles. The Labute approximate surface area is 147 Å². The van der Waals surface area contributed by atoms with Gasteiger partial charge in [0.25, 0.3) is 0 Å². The lowest BCUT2D eigenvalue weighted by atomic mass is 9.66. The maximum Gasteiger partial charge on any atom is 0.162 e. The van der Waals surface area contributed by atoms with Gasteiger partial charge < -0.3 is 0 Å². The van der Waals surface area contributed by atoms with E-state index in [1.807, 2.05) is 24.3 Å². The lowest BCUT2D eigenvalue weighted by Gasteiger charge is -2.36. The van der Waals surface area contributed by atoms with Crippen molar-refractivity contribution < 1.29 is 9.59 Å². The molecule has 0 amide bonds. The SMILES string of the molecule is CCCCC(=O)c1ccc(C2(C(=O)CCCC)CCCCC2)cc1. The number of unbranched alkanes of at least 4 members (excludes halogenated alkanes) is 2. The van der Waals surface area contributed by atoms with Gasteiger partial charge in [0, 0.05) is 18.4 Å². The van der Waals surface area contributed by atoms with E-state index in [0.717, 1.165) is 62.5 Å². The fourth-order valence-electron chi connectivity index (χ4n) is 3.92. The summed E-state index contributed by atoms with van der Waals surface area (Å²) in [5.74, 6) is 0.632. The molecule has 2 nitrogen and oxygen atoms in total. The molecular weight excluding hydrogens is 296 g/mol. The molecule has 24 heavy (non-hydrogen) atoms. The maximum atomic E-state index is 13.0. The lowest BCUT2D eigenvalue weighted by Crippen LogP contribution is -2.38. The van der Waals surface area contributed by atoms with E-state index in [2.05, 4.69) is 13.8 Å². The third kappa shape index (κ3) is 4.34. The first kappa shape index (κ1) is 18.9. The number of hydrogen-bond acceptors (Lipinski definition) is 2. The van der Waals surface area contributed by atoms with Crippen LogP contribution in [0.25, 0.3) is 0 Å². The van der Waals surface area contributed by atoms with E-state index >= 15 is 0 Å². The Bertz CT molecular complexity index is 536. The van der Waals surface area contributed by atoms with Gasteiger partial charge in [-0.2, -0.15) is 0 Å². The summed E-state index contributed by atoms with van der Waals surface area (Å²) in [6.45, 7) is 4.24. The number of benzene rings is 1. The fourth-order valence-corrected chi connectivity index (χ4v) is 3.92. The zero-order valence-corrected chi connectivity index (χ0v) is 15.4. The molecule has 0 aromatic heterocycles. The number of ketones is 2. The van der Waals surface area contributed by atoms with Crippen LogP contribution in [0.4, 0.5) is 0 Å². The zero-order valence-electron chi connectivity index (χ0n) is 15.4. The van der Waals surface area contributed by atoms with E-state index in [-0.39, 0.29) is 11.2 Å². The second-order valence-electron chi connectivity index (χ2n) is 7.27. The number of Topliss-reactive ketones (excluding diaryl/α,β-unsaturated/α-hetero) is 2. The molecule has 0 radical (unpaired) electrons. The van der Waals surface area contributed by atoms with Crippen molar-refractivity contribution in [2.45, 2.75) is 89.9 Å². The van der Waals surface area contributed by atoms with Crippen LogP contribution in [0, 0.1) is 0 Å². The van der Waals surface area contributed by atoms with Gasteiger partial charge in [0.15, 0.2) is 5.78 Å². The Hall–Kier alpha value is -1.44. The van der Waals surface area contributed by atoms with Gasteiger partial charge in [-0.1, -0.05) is 70.2 Å². The van der Waals surface area contributed by atoms with Crippen LogP contribution in [-0.4, -0.2) is 11.6 Å². The minimum absolute atomic E-state index is 0.221. The molecule has 2 rings (SSSR count). The van der Waals surface area contributed by atoms with E-state index in [9.17, 15) is 9.59 Å². The highest BCUT2D eigenvalue weighted by Crippen LogP contribution is 2.41. The summed E-state index contributed by atoms with van der Waals surface area (Å²) in [6.07, 6.45) is 10.8. The van der Waals surface area contributed by atoms with E-state index in [1.54, 1.807) is 0 Å². The molecule has 0 spiro atoms. The van der Waals surface area contributed by atoms with Crippen molar-refractivity contribution in [1.29, 1.82) is 0 Å². The van der Waals surface area contributed by atoms with Gasteiger partial charge in [0.1, 0.15) is 5.78 Å². The summed E-state index contributed by atoms with van der Waals surface area (Å²) in [4.78, 5) is 25.2. The fraction of sp³-hybridized carbons (Fsp3) is 0.636. The monoisotopic (exact) mass is 328 g/mol. The highest BCUT2D eigenvalue weighted by Gasteiger charge is 2.39. The first-order valence-corrected chi connectivity index (χ1v) is 9.81. The average molecular weight is 328 g/mol. The van der Waals surface area contributed by atoms with Crippen molar-refractivity contribution in [3.05, 3.63) is 35.4 Å². The number of hydrogen-bond donors (Lipinski definition) is 0. The Morgan fingerprint density at radius 2 is 1.46 bits per heavy atom. The van der Waals surface area contributed by atoms with Gasteiger partial charge in [0.05, 0.1) is 5.41 Å². The first-order valence-electron chi connectivity index (χ1n) is 9.81. The van der Waals surface area contributed by atoms with Crippen molar-refractivity contribution in [1.82, 2.24) is 0 Å². The second kappa shape index (κ2) is 9.15. The summed E-state index contributed by atoms with van der Waals surface area (Å²) in [5.41, 5.74) is 1.63. The lowest BCUT2D eigenvalue weighted by molar-refractivity contribution is -0.126. The number of carbonyl (C=O) groups excluding carboxylic acids is 2. The van der Waals surface area contributed by atoms with Gasteiger partial charge in [-0.25, -0.2) is 0 Å². The summed E-state index contributed by atoms with van der Waals surface area (Å²) < 4.78 is 0. The molecule has 2 heteroatoms. The van der Waals surface area contributed by atoms with Crippen LogP contribution in [0.5, 0.6) is 0 Å². The van der Waals surface area contributed by atoms with Crippen molar-refractivity contribution in [2.75, 3.05) is 0 Å². The zero-order chi connectivity index (χ0) is 17.4. The van der Waals surface area contributed by atoms with Crippen LogP contribution >= 0.6 is 0 Å². The van der Waals surface area contributed by atoms with Crippen molar-refractivity contribution >= 4 is 11.6 Å². The molecular formula is C22H32O2. The van der Waals surface area contributed by atoms with Gasteiger partial charge >= 0.3 is 0 Å². The minimum Gasteiger partial charge on any atom is -0.299 e. The molecule has 1 aromatic carbocycles. The Morgan fingerprint density at radius 1 is 0.875 bits per heavy atom. The van der Waals surface area contributed by atoms with Crippen LogP contribution < -0.4 is 0 Å². The van der Waals surface area contributed by atoms with Crippen LogP contribution in [-0.2, 0) is 10.2 Å². The largest absolute Gasteiger partial charge is 0.299 e. The third-order valence-corrected chi connectivity index (χ3v) is 5.52. The third-order valence-electron chi connectivity index (χ3n) is 5.52. The molecule has 0 saturated heterocycles. The molecule has 0 unspecified atom stereocenters. The average Bonchev–Trinajstić information content (AvgIpc) is 2.64. The Morgan fingerprint density at radius 3 is 2.04 bits per heavy atom. The van der Waals surface area contributed by atoms with E-state index < -0.39 is 0 Å². The summed E-state index contributed by atoms with van der Waals surface area (Å²) >= 11 is 0. The molecule has 0 bridgehead atoms.